The molecular formula is C22H22F3N3O6S. The van der Waals surface area contributed by atoms with Gasteiger partial charge in [0.05, 0.1) is 16.5 Å². The van der Waals surface area contributed by atoms with Crippen molar-refractivity contribution in [1.82, 2.24) is 9.21 Å². The highest BCUT2D eigenvalue weighted by Crippen LogP contribution is 2.31. The number of amides is 1. The van der Waals surface area contributed by atoms with E-state index in [1.54, 1.807) is 0 Å². The second-order valence-corrected chi connectivity index (χ2v) is 9.93. The van der Waals surface area contributed by atoms with Crippen LogP contribution >= 0.6 is 0 Å². The monoisotopic (exact) mass is 513 g/mol. The Kier molecular flexibility index (Phi) is 7.31. The van der Waals surface area contributed by atoms with E-state index in [0.717, 1.165) is 28.6 Å². The van der Waals surface area contributed by atoms with Gasteiger partial charge in [-0.25, -0.2) is 8.42 Å². The Morgan fingerprint density at radius 1 is 1.14 bits per heavy atom. The minimum absolute atomic E-state index is 0.0527. The van der Waals surface area contributed by atoms with Gasteiger partial charge in [0.1, 0.15) is 6.04 Å². The smallest absolute Gasteiger partial charge is 0.330 e. The lowest BCUT2D eigenvalue weighted by Crippen LogP contribution is -2.61. The van der Waals surface area contributed by atoms with Gasteiger partial charge in [-0.3, -0.25) is 19.7 Å². The van der Waals surface area contributed by atoms with Gasteiger partial charge in [-0.1, -0.05) is 24.3 Å². The van der Waals surface area contributed by atoms with Gasteiger partial charge in [0.2, 0.25) is 5.91 Å². The summed E-state index contributed by atoms with van der Waals surface area (Å²) in [6.07, 6.45) is -4.57. The summed E-state index contributed by atoms with van der Waals surface area (Å²) in [5.74, 6) is -1.11. The molecule has 0 bridgehead atoms. The SMILES string of the molecule is CC(=O)[C@H](Cc1ccc(C(F)(F)F)cc1)N1CCN(S(=O)(=O)c2ccccc2[N+](=O)[O-])[C@@H](C)C1=O. The van der Waals surface area contributed by atoms with Crippen molar-refractivity contribution in [3.05, 3.63) is 69.8 Å². The first-order valence-corrected chi connectivity index (χ1v) is 11.9. The van der Waals surface area contributed by atoms with Crippen molar-refractivity contribution in [2.24, 2.45) is 0 Å². The highest BCUT2D eigenvalue weighted by atomic mass is 32.2. The van der Waals surface area contributed by atoms with Gasteiger partial charge >= 0.3 is 6.18 Å². The third kappa shape index (κ3) is 5.35. The number of hydrogen-bond acceptors (Lipinski definition) is 6. The first-order chi connectivity index (χ1) is 16.2. The van der Waals surface area contributed by atoms with Crippen LogP contribution in [0.1, 0.15) is 25.0 Å². The van der Waals surface area contributed by atoms with E-state index in [-0.39, 0.29) is 19.5 Å². The summed E-state index contributed by atoms with van der Waals surface area (Å²) >= 11 is 0. The minimum atomic E-state index is -4.51. The zero-order chi connectivity index (χ0) is 26.1. The summed E-state index contributed by atoms with van der Waals surface area (Å²) in [4.78, 5) is 36.6. The van der Waals surface area contributed by atoms with Gasteiger partial charge in [0.15, 0.2) is 10.7 Å². The van der Waals surface area contributed by atoms with E-state index in [0.29, 0.717) is 5.56 Å². The number of alkyl halides is 3. The van der Waals surface area contributed by atoms with Gasteiger partial charge in [-0.2, -0.15) is 17.5 Å². The van der Waals surface area contributed by atoms with Gasteiger partial charge in [-0.15, -0.1) is 0 Å². The average Bonchev–Trinajstić information content (AvgIpc) is 2.79. The Labute approximate surface area is 199 Å². The molecule has 188 valence electrons. The third-order valence-electron chi connectivity index (χ3n) is 5.84. The molecule has 3 rings (SSSR count). The number of ketones is 1. The molecule has 2 atom stereocenters. The molecule has 1 fully saturated rings. The highest BCUT2D eigenvalue weighted by molar-refractivity contribution is 7.89. The number of para-hydroxylation sites is 1. The molecule has 0 unspecified atom stereocenters. The second-order valence-electron chi connectivity index (χ2n) is 8.07. The molecule has 1 saturated heterocycles. The van der Waals surface area contributed by atoms with E-state index in [9.17, 15) is 41.3 Å². The predicted octanol–water partition coefficient (Wildman–Crippen LogP) is 3.04. The number of carbonyl (C=O) groups excluding carboxylic acids is 2. The molecule has 9 nitrogen and oxygen atoms in total. The number of carbonyl (C=O) groups is 2. The van der Waals surface area contributed by atoms with Crippen LogP contribution in [0.5, 0.6) is 0 Å². The van der Waals surface area contributed by atoms with Crippen molar-refractivity contribution in [2.75, 3.05) is 13.1 Å². The van der Waals surface area contributed by atoms with Crippen LogP contribution in [0.15, 0.2) is 53.4 Å². The summed E-state index contributed by atoms with van der Waals surface area (Å²) < 4.78 is 65.7. The van der Waals surface area contributed by atoms with E-state index < -0.39 is 61.0 Å². The molecule has 13 heteroatoms. The summed E-state index contributed by atoms with van der Waals surface area (Å²) in [7, 11) is -4.41. The number of nitrogens with zero attached hydrogens (tertiary/aromatic N) is 3. The molecular weight excluding hydrogens is 491 g/mol. The maximum Gasteiger partial charge on any atom is 0.416 e. The predicted molar refractivity (Wildman–Crippen MR) is 118 cm³/mol. The van der Waals surface area contributed by atoms with Gasteiger partial charge in [0, 0.05) is 19.2 Å². The summed E-state index contributed by atoms with van der Waals surface area (Å²) in [5.41, 5.74) is -1.08. The highest BCUT2D eigenvalue weighted by Gasteiger charge is 2.44. The average molecular weight is 513 g/mol. The molecule has 1 aliphatic rings. The number of sulfonamides is 1. The summed E-state index contributed by atoms with van der Waals surface area (Å²) in [6, 6.07) is 6.72. The fourth-order valence-electron chi connectivity index (χ4n) is 3.99. The van der Waals surface area contributed by atoms with Gasteiger partial charge in [0.25, 0.3) is 15.7 Å². The quantitative estimate of drug-likeness (QED) is 0.415. The molecule has 0 spiro atoms. The standard InChI is InChI=1S/C22H22F3N3O6S/c1-14-21(30)26(19(15(2)29)13-16-7-9-17(10-8-16)22(23,24)25)11-12-27(14)35(33,34)20-6-4-3-5-18(20)28(31)32/h3-10,14,19H,11-13H2,1-2H3/t14-,19-/m0/s1. The molecule has 35 heavy (non-hydrogen) atoms. The first-order valence-electron chi connectivity index (χ1n) is 10.5. The Bertz CT molecular complexity index is 1250. The zero-order valence-electron chi connectivity index (χ0n) is 18.7. The van der Waals surface area contributed by atoms with Crippen LogP contribution in [-0.4, -0.2) is 59.4 Å². The number of nitro benzene ring substituents is 1. The number of hydrogen-bond donors (Lipinski definition) is 0. The lowest BCUT2D eigenvalue weighted by molar-refractivity contribution is -0.387. The molecule has 0 aliphatic carbocycles. The number of halogens is 3. The van der Waals surface area contributed by atoms with Crippen LogP contribution in [0.4, 0.5) is 18.9 Å². The van der Waals surface area contributed by atoms with Crippen LogP contribution in [0.3, 0.4) is 0 Å². The molecule has 0 radical (unpaired) electrons. The normalized spacial score (nSPS) is 18.4. The Hall–Kier alpha value is -3.32. The van der Waals surface area contributed by atoms with Crippen molar-refractivity contribution in [3.8, 4) is 0 Å². The Morgan fingerprint density at radius 2 is 1.74 bits per heavy atom. The third-order valence-corrected chi connectivity index (χ3v) is 7.86. The Balaban J connectivity index is 1.84. The van der Waals surface area contributed by atoms with Crippen LogP contribution in [0, 0.1) is 10.1 Å². The van der Waals surface area contributed by atoms with Crippen LogP contribution in [0.25, 0.3) is 0 Å². The second kappa shape index (κ2) is 9.74. The molecule has 0 N–H and O–H groups in total. The first kappa shape index (κ1) is 26.3. The van der Waals surface area contributed by atoms with E-state index in [4.69, 9.17) is 0 Å². The summed E-state index contributed by atoms with van der Waals surface area (Å²) in [6.45, 7) is 2.16. The Morgan fingerprint density at radius 3 is 2.29 bits per heavy atom. The molecule has 1 heterocycles. The number of benzene rings is 2. The van der Waals surface area contributed by atoms with Crippen molar-refractivity contribution in [2.45, 2.75) is 43.4 Å². The zero-order valence-corrected chi connectivity index (χ0v) is 19.5. The molecule has 2 aromatic rings. The molecule has 2 aromatic carbocycles. The van der Waals surface area contributed by atoms with Crippen molar-refractivity contribution in [3.63, 3.8) is 0 Å². The van der Waals surface area contributed by atoms with E-state index in [1.807, 2.05) is 0 Å². The topological polar surface area (TPSA) is 118 Å². The van der Waals surface area contributed by atoms with E-state index >= 15 is 0 Å². The maximum atomic E-state index is 13.2. The lowest BCUT2D eigenvalue weighted by atomic mass is 9.99. The van der Waals surface area contributed by atoms with Gasteiger partial charge < -0.3 is 4.90 Å². The minimum Gasteiger partial charge on any atom is -0.330 e. The molecule has 1 amide bonds. The number of nitro groups is 1. The van der Waals surface area contributed by atoms with E-state index in [1.165, 1.54) is 43.0 Å². The molecule has 1 aliphatic heterocycles. The lowest BCUT2D eigenvalue weighted by Gasteiger charge is -2.41. The van der Waals surface area contributed by atoms with Crippen LogP contribution < -0.4 is 0 Å². The van der Waals surface area contributed by atoms with E-state index in [2.05, 4.69) is 0 Å². The molecule has 0 saturated carbocycles. The number of Topliss-reactive ketones (excluding diaryl/α,β-unsaturated/α-hetero) is 1. The van der Waals surface area contributed by atoms with Crippen LogP contribution in [0.2, 0.25) is 0 Å². The molecule has 0 aromatic heterocycles. The number of piperazine rings is 1. The fourth-order valence-corrected chi connectivity index (χ4v) is 5.73. The van der Waals surface area contributed by atoms with Gasteiger partial charge in [-0.05, 0) is 44.0 Å². The van der Waals surface area contributed by atoms with Crippen LogP contribution in [-0.2, 0) is 32.2 Å². The van der Waals surface area contributed by atoms with Crippen molar-refractivity contribution < 1.29 is 36.1 Å². The van der Waals surface area contributed by atoms with Crippen molar-refractivity contribution >= 4 is 27.4 Å². The number of rotatable bonds is 7. The fraction of sp³-hybridized carbons (Fsp3) is 0.364. The maximum absolute atomic E-state index is 13.2. The largest absolute Gasteiger partial charge is 0.416 e. The summed E-state index contributed by atoms with van der Waals surface area (Å²) in [5, 5.41) is 11.3. The van der Waals surface area contributed by atoms with Crippen molar-refractivity contribution in [1.29, 1.82) is 0 Å².